The molecule has 0 amide bonds. The zero-order chi connectivity index (χ0) is 9.64. The van der Waals surface area contributed by atoms with Gasteiger partial charge in [-0.15, -0.1) is 22.9 Å². The van der Waals surface area contributed by atoms with Crippen LogP contribution in [0.25, 0.3) is 0 Å². The van der Waals surface area contributed by atoms with Crippen LogP contribution in [0.3, 0.4) is 0 Å². The Morgan fingerprint density at radius 3 is 2.69 bits per heavy atom. The topological polar surface area (TPSA) is 12.9 Å². The average Bonchev–Trinajstić information content (AvgIpc) is 2.41. The number of nitrogens with zero attached hydrogens (tertiary/aromatic N) is 1. The summed E-state index contributed by atoms with van der Waals surface area (Å²) in [6, 6.07) is 0. The van der Waals surface area contributed by atoms with Crippen LogP contribution in [0.2, 0.25) is 0 Å². The molecule has 1 fully saturated rings. The highest BCUT2D eigenvalue weighted by Gasteiger charge is 2.58. The Kier molecular flexibility index (Phi) is 2.16. The summed E-state index contributed by atoms with van der Waals surface area (Å²) < 4.78 is 0. The van der Waals surface area contributed by atoms with E-state index in [0.717, 1.165) is 10.9 Å². The molecule has 1 nitrogen and oxygen atoms in total. The van der Waals surface area contributed by atoms with Crippen LogP contribution < -0.4 is 0 Å². The molecule has 0 spiro atoms. The van der Waals surface area contributed by atoms with Crippen molar-refractivity contribution in [3.8, 4) is 0 Å². The summed E-state index contributed by atoms with van der Waals surface area (Å²) in [6.07, 6.45) is 0. The van der Waals surface area contributed by atoms with E-state index in [4.69, 9.17) is 11.6 Å². The smallest absolute Gasteiger partial charge is 0.0897 e. The van der Waals surface area contributed by atoms with E-state index in [0.29, 0.717) is 17.3 Å². The molecule has 0 aromatic carbocycles. The molecule has 0 saturated heterocycles. The molecule has 1 aliphatic carbocycles. The van der Waals surface area contributed by atoms with E-state index in [-0.39, 0.29) is 0 Å². The second kappa shape index (κ2) is 2.96. The Morgan fingerprint density at radius 1 is 1.62 bits per heavy atom. The summed E-state index contributed by atoms with van der Waals surface area (Å²) >= 11 is 7.64. The predicted octanol–water partition coefficient (Wildman–Crippen LogP) is 3.43. The molecule has 72 valence electrons. The van der Waals surface area contributed by atoms with E-state index in [2.05, 4.69) is 31.1 Å². The van der Waals surface area contributed by atoms with Crippen molar-refractivity contribution in [2.75, 3.05) is 5.88 Å². The maximum Gasteiger partial charge on any atom is 0.0897 e. The van der Waals surface area contributed by atoms with Gasteiger partial charge < -0.3 is 0 Å². The zero-order valence-electron chi connectivity index (χ0n) is 8.17. The van der Waals surface area contributed by atoms with Crippen LogP contribution in [0.4, 0.5) is 0 Å². The van der Waals surface area contributed by atoms with Gasteiger partial charge in [-0.25, -0.2) is 4.98 Å². The lowest BCUT2D eigenvalue weighted by atomic mass is 10.1. The molecule has 1 aliphatic rings. The first-order valence-electron chi connectivity index (χ1n) is 4.55. The fourth-order valence-corrected chi connectivity index (χ4v) is 3.37. The van der Waals surface area contributed by atoms with Gasteiger partial charge in [-0.2, -0.15) is 0 Å². The van der Waals surface area contributed by atoms with Gasteiger partial charge in [-0.1, -0.05) is 13.8 Å². The van der Waals surface area contributed by atoms with E-state index in [1.807, 2.05) is 0 Å². The molecule has 0 bridgehead atoms. The molecule has 0 aliphatic heterocycles. The van der Waals surface area contributed by atoms with Gasteiger partial charge in [-0.3, -0.25) is 0 Å². The maximum absolute atomic E-state index is 5.91. The molecule has 2 atom stereocenters. The highest BCUT2D eigenvalue weighted by molar-refractivity contribution is 7.09. The van der Waals surface area contributed by atoms with E-state index < -0.39 is 0 Å². The van der Waals surface area contributed by atoms with Gasteiger partial charge >= 0.3 is 0 Å². The molecule has 0 radical (unpaired) electrons. The third-order valence-corrected chi connectivity index (χ3v) is 4.30. The number of rotatable bonds is 2. The van der Waals surface area contributed by atoms with Crippen LogP contribution in [-0.4, -0.2) is 10.9 Å². The first-order valence-corrected chi connectivity index (χ1v) is 5.96. The van der Waals surface area contributed by atoms with E-state index in [9.17, 15) is 0 Å². The second-order valence-corrected chi connectivity index (χ2v) is 5.72. The van der Waals surface area contributed by atoms with E-state index in [1.165, 1.54) is 5.69 Å². The minimum atomic E-state index is 0.363. The summed E-state index contributed by atoms with van der Waals surface area (Å²) in [5.41, 5.74) is 1.61. The molecular weight excluding hydrogens is 202 g/mol. The van der Waals surface area contributed by atoms with Gasteiger partial charge in [0.05, 0.1) is 10.7 Å². The van der Waals surface area contributed by atoms with Crippen LogP contribution in [0.15, 0.2) is 5.38 Å². The van der Waals surface area contributed by atoms with Crippen molar-refractivity contribution in [3.05, 3.63) is 16.1 Å². The largest absolute Gasteiger partial charge is 0.246 e. The van der Waals surface area contributed by atoms with Crippen LogP contribution >= 0.6 is 22.9 Å². The number of alkyl halides is 1. The number of aryl methyl sites for hydroxylation is 1. The van der Waals surface area contributed by atoms with E-state index in [1.54, 1.807) is 11.3 Å². The minimum Gasteiger partial charge on any atom is -0.246 e. The molecule has 13 heavy (non-hydrogen) atoms. The fraction of sp³-hybridized carbons (Fsp3) is 0.700. The zero-order valence-corrected chi connectivity index (χ0v) is 9.75. The molecule has 1 aromatic heterocycles. The third kappa shape index (κ3) is 1.40. The first kappa shape index (κ1) is 9.47. The molecular formula is C10H14ClNS. The number of halogens is 1. The lowest BCUT2D eigenvalue weighted by molar-refractivity contribution is 0.575. The van der Waals surface area contributed by atoms with Gasteiger partial charge in [0.2, 0.25) is 0 Å². The summed E-state index contributed by atoms with van der Waals surface area (Å²) in [4.78, 5) is 4.53. The van der Waals surface area contributed by atoms with Crippen LogP contribution in [0.5, 0.6) is 0 Å². The first-order chi connectivity index (χ1) is 6.07. The predicted molar refractivity (Wildman–Crippen MR) is 57.6 cm³/mol. The Labute approximate surface area is 88.1 Å². The number of aromatic nitrogens is 1. The van der Waals surface area contributed by atoms with Gasteiger partial charge in [0.25, 0.3) is 0 Å². The summed E-state index contributed by atoms with van der Waals surface area (Å²) in [6.45, 7) is 6.61. The monoisotopic (exact) mass is 215 g/mol. The number of hydrogen-bond donors (Lipinski definition) is 0. The Morgan fingerprint density at radius 2 is 2.31 bits per heavy atom. The number of thiazole rings is 1. The van der Waals surface area contributed by atoms with Gasteiger partial charge in [0, 0.05) is 17.2 Å². The van der Waals surface area contributed by atoms with Crippen molar-refractivity contribution in [3.63, 3.8) is 0 Å². The van der Waals surface area contributed by atoms with Crippen molar-refractivity contribution in [1.82, 2.24) is 4.98 Å². The Balaban J connectivity index is 2.21. The molecule has 2 rings (SSSR count). The van der Waals surface area contributed by atoms with Gasteiger partial charge in [0.15, 0.2) is 0 Å². The molecule has 3 heteroatoms. The third-order valence-electron chi connectivity index (χ3n) is 3.17. The fourth-order valence-electron chi connectivity index (χ4n) is 2.14. The summed E-state index contributed by atoms with van der Waals surface area (Å²) in [5.74, 6) is 1.97. The molecule has 1 saturated carbocycles. The number of hydrogen-bond acceptors (Lipinski definition) is 2. The van der Waals surface area contributed by atoms with Crippen molar-refractivity contribution in [2.45, 2.75) is 26.7 Å². The lowest BCUT2D eigenvalue weighted by Gasteiger charge is -1.98. The van der Waals surface area contributed by atoms with E-state index >= 15 is 0 Å². The van der Waals surface area contributed by atoms with Crippen LogP contribution in [0, 0.1) is 18.3 Å². The minimum absolute atomic E-state index is 0.363. The van der Waals surface area contributed by atoms with Crippen molar-refractivity contribution >= 4 is 22.9 Å². The average molecular weight is 216 g/mol. The quantitative estimate of drug-likeness (QED) is 0.689. The highest BCUT2D eigenvalue weighted by atomic mass is 35.5. The normalized spacial score (nSPS) is 30.5. The summed E-state index contributed by atoms with van der Waals surface area (Å²) in [5, 5.41) is 3.33. The van der Waals surface area contributed by atoms with Crippen molar-refractivity contribution in [2.24, 2.45) is 11.3 Å². The lowest BCUT2D eigenvalue weighted by Crippen LogP contribution is -1.91. The highest BCUT2D eigenvalue weighted by Crippen LogP contribution is 2.64. The summed E-state index contributed by atoms with van der Waals surface area (Å²) in [7, 11) is 0. The Hall–Kier alpha value is -0.0800. The molecule has 2 unspecified atom stereocenters. The standard InChI is InChI=1S/C10H14ClNS/c1-6-12-8(5-13-6)9-7(4-11)10(9,2)3/h5,7,9H,4H2,1-3H3. The SMILES string of the molecule is Cc1nc(C2C(CCl)C2(C)C)cs1. The Bertz CT molecular complexity index is 318. The maximum atomic E-state index is 5.91. The van der Waals surface area contributed by atoms with Crippen molar-refractivity contribution in [1.29, 1.82) is 0 Å². The second-order valence-electron chi connectivity index (χ2n) is 4.35. The molecule has 1 aromatic rings. The van der Waals surface area contributed by atoms with Gasteiger partial charge in [-0.05, 0) is 18.3 Å². The van der Waals surface area contributed by atoms with Crippen LogP contribution in [-0.2, 0) is 0 Å². The molecule has 1 heterocycles. The van der Waals surface area contributed by atoms with Gasteiger partial charge in [0.1, 0.15) is 0 Å². The molecule has 0 N–H and O–H groups in total. The van der Waals surface area contributed by atoms with Crippen LogP contribution in [0.1, 0.15) is 30.5 Å². The van der Waals surface area contributed by atoms with Crippen molar-refractivity contribution < 1.29 is 0 Å².